The van der Waals surface area contributed by atoms with Gasteiger partial charge in [0.1, 0.15) is 5.75 Å². The predicted octanol–water partition coefficient (Wildman–Crippen LogP) is 2.83. The van der Waals surface area contributed by atoms with Gasteiger partial charge in [0.15, 0.2) is 0 Å². The molecular weight excluding hydrogens is 304 g/mol. The van der Waals surface area contributed by atoms with Crippen molar-refractivity contribution in [2.24, 2.45) is 0 Å². The lowest BCUT2D eigenvalue weighted by atomic mass is 10.1. The Morgan fingerprint density at radius 3 is 2.29 bits per heavy atom. The van der Waals surface area contributed by atoms with Gasteiger partial charge in [-0.15, -0.1) is 10.2 Å². The lowest BCUT2D eigenvalue weighted by Gasteiger charge is -2.39. The van der Waals surface area contributed by atoms with E-state index in [1.165, 1.54) is 5.56 Å². The van der Waals surface area contributed by atoms with Crippen LogP contribution in [0.2, 0.25) is 0 Å². The van der Waals surface area contributed by atoms with Gasteiger partial charge in [0.25, 0.3) is 0 Å². The maximum Gasteiger partial charge on any atom is 0.233 e. The third kappa shape index (κ3) is 3.60. The number of nitrogens with zero attached hydrogens (tertiary/aromatic N) is 4. The molecule has 2 atom stereocenters. The van der Waals surface area contributed by atoms with E-state index in [0.29, 0.717) is 17.8 Å². The number of methoxy groups -OCH3 is 1. The topological polar surface area (TPSA) is 54.6 Å². The van der Waals surface area contributed by atoms with Crippen LogP contribution < -0.4 is 4.74 Å². The Balaban J connectivity index is 1.60. The summed E-state index contributed by atoms with van der Waals surface area (Å²) in [4.78, 5) is 4.92. The zero-order valence-electron chi connectivity index (χ0n) is 14.9. The van der Waals surface area contributed by atoms with Crippen LogP contribution in [0.15, 0.2) is 28.7 Å². The molecule has 130 valence electrons. The van der Waals surface area contributed by atoms with E-state index < -0.39 is 0 Å². The molecule has 0 bridgehead atoms. The summed E-state index contributed by atoms with van der Waals surface area (Å²) in [6.45, 7) is 10.3. The maximum atomic E-state index is 5.58. The Labute approximate surface area is 143 Å². The first-order valence-corrected chi connectivity index (χ1v) is 8.50. The number of benzene rings is 1. The molecule has 1 aromatic heterocycles. The summed E-state index contributed by atoms with van der Waals surface area (Å²) in [5, 5.41) is 8.09. The number of hydrogen-bond acceptors (Lipinski definition) is 6. The quantitative estimate of drug-likeness (QED) is 0.840. The van der Waals surface area contributed by atoms with Crippen LogP contribution in [0.25, 0.3) is 0 Å². The maximum absolute atomic E-state index is 5.58. The second-order valence-electron chi connectivity index (χ2n) is 6.36. The molecule has 0 amide bonds. The first kappa shape index (κ1) is 16.9. The van der Waals surface area contributed by atoms with Gasteiger partial charge < -0.3 is 9.15 Å². The van der Waals surface area contributed by atoms with Crippen molar-refractivity contribution < 1.29 is 9.15 Å². The number of aromatic nitrogens is 2. The fourth-order valence-electron chi connectivity index (χ4n) is 3.26. The molecule has 2 aromatic rings. The van der Waals surface area contributed by atoms with Crippen molar-refractivity contribution in [2.75, 3.05) is 33.3 Å². The SMILES string of the molecule is COc1cccc([C@H](C)N2CCN([C@@H](C)c3nnc(C)o3)CC2)c1. The van der Waals surface area contributed by atoms with Crippen LogP contribution in [0.3, 0.4) is 0 Å². The molecule has 0 spiro atoms. The molecule has 0 aliphatic carbocycles. The van der Waals surface area contributed by atoms with Crippen molar-refractivity contribution in [1.82, 2.24) is 20.0 Å². The summed E-state index contributed by atoms with van der Waals surface area (Å²) in [7, 11) is 1.71. The Morgan fingerprint density at radius 2 is 1.71 bits per heavy atom. The highest BCUT2D eigenvalue weighted by molar-refractivity contribution is 5.30. The van der Waals surface area contributed by atoms with Gasteiger partial charge in [0, 0.05) is 39.1 Å². The summed E-state index contributed by atoms with van der Waals surface area (Å²) >= 11 is 0. The van der Waals surface area contributed by atoms with E-state index in [9.17, 15) is 0 Å². The van der Waals surface area contributed by atoms with Crippen LogP contribution >= 0.6 is 0 Å². The van der Waals surface area contributed by atoms with E-state index in [4.69, 9.17) is 9.15 Å². The summed E-state index contributed by atoms with van der Waals surface area (Å²) in [6, 6.07) is 8.89. The molecule has 1 fully saturated rings. The number of aryl methyl sites for hydroxylation is 1. The number of piperazine rings is 1. The van der Waals surface area contributed by atoms with Gasteiger partial charge in [-0.25, -0.2) is 0 Å². The van der Waals surface area contributed by atoms with E-state index in [1.807, 2.05) is 13.0 Å². The van der Waals surface area contributed by atoms with Gasteiger partial charge >= 0.3 is 0 Å². The standard InChI is InChI=1S/C18H26N4O2/c1-13(16-6-5-7-17(12-16)23-4)21-8-10-22(11-9-21)14(2)18-20-19-15(3)24-18/h5-7,12-14H,8-11H2,1-4H3/t13-,14-/m0/s1. The lowest BCUT2D eigenvalue weighted by Crippen LogP contribution is -2.47. The monoisotopic (exact) mass is 330 g/mol. The smallest absolute Gasteiger partial charge is 0.233 e. The molecule has 0 saturated carbocycles. The minimum atomic E-state index is 0.167. The highest BCUT2D eigenvalue weighted by atomic mass is 16.5. The molecule has 1 aromatic carbocycles. The number of rotatable bonds is 5. The fourth-order valence-corrected chi connectivity index (χ4v) is 3.26. The van der Waals surface area contributed by atoms with Crippen LogP contribution in [0.1, 0.15) is 43.3 Å². The second-order valence-corrected chi connectivity index (χ2v) is 6.36. The molecule has 0 radical (unpaired) electrons. The molecule has 0 unspecified atom stereocenters. The van der Waals surface area contributed by atoms with E-state index in [2.05, 4.69) is 52.0 Å². The Bertz CT molecular complexity index is 665. The zero-order chi connectivity index (χ0) is 17.1. The highest BCUT2D eigenvalue weighted by Gasteiger charge is 2.27. The number of ether oxygens (including phenoxy) is 1. The third-order valence-electron chi connectivity index (χ3n) is 4.92. The minimum Gasteiger partial charge on any atom is -0.497 e. The Hall–Kier alpha value is -1.92. The van der Waals surface area contributed by atoms with Crippen molar-refractivity contribution >= 4 is 0 Å². The molecule has 0 N–H and O–H groups in total. The first-order chi connectivity index (χ1) is 11.6. The summed E-state index contributed by atoms with van der Waals surface area (Å²) in [5.74, 6) is 2.25. The van der Waals surface area contributed by atoms with Gasteiger partial charge in [-0.3, -0.25) is 9.80 Å². The summed E-state index contributed by atoms with van der Waals surface area (Å²) in [5.41, 5.74) is 1.29. The summed E-state index contributed by atoms with van der Waals surface area (Å²) in [6.07, 6.45) is 0. The minimum absolute atomic E-state index is 0.167. The number of hydrogen-bond donors (Lipinski definition) is 0. The van der Waals surface area contributed by atoms with E-state index in [1.54, 1.807) is 7.11 Å². The van der Waals surface area contributed by atoms with Gasteiger partial charge in [0.2, 0.25) is 11.8 Å². The largest absolute Gasteiger partial charge is 0.497 e. The molecule has 6 nitrogen and oxygen atoms in total. The normalized spacial score (nSPS) is 19.2. The van der Waals surface area contributed by atoms with Crippen LogP contribution in [0.4, 0.5) is 0 Å². The lowest BCUT2D eigenvalue weighted by molar-refractivity contribution is 0.0696. The molecule has 1 aliphatic rings. The van der Waals surface area contributed by atoms with Crippen LogP contribution in [-0.4, -0.2) is 53.3 Å². The second kappa shape index (κ2) is 7.32. The molecular formula is C18H26N4O2. The first-order valence-electron chi connectivity index (χ1n) is 8.50. The van der Waals surface area contributed by atoms with Gasteiger partial charge in [-0.05, 0) is 31.5 Å². The van der Waals surface area contributed by atoms with Crippen molar-refractivity contribution in [3.8, 4) is 5.75 Å². The average molecular weight is 330 g/mol. The van der Waals surface area contributed by atoms with Crippen LogP contribution in [0.5, 0.6) is 5.75 Å². The van der Waals surface area contributed by atoms with E-state index in [0.717, 1.165) is 31.9 Å². The van der Waals surface area contributed by atoms with Gasteiger partial charge in [0.05, 0.1) is 13.2 Å². The molecule has 1 aliphatic heterocycles. The molecule has 6 heteroatoms. The van der Waals surface area contributed by atoms with E-state index >= 15 is 0 Å². The Kier molecular flexibility index (Phi) is 5.16. The van der Waals surface area contributed by atoms with Gasteiger partial charge in [-0.1, -0.05) is 12.1 Å². The van der Waals surface area contributed by atoms with E-state index in [-0.39, 0.29) is 6.04 Å². The molecule has 2 heterocycles. The van der Waals surface area contributed by atoms with Gasteiger partial charge in [-0.2, -0.15) is 0 Å². The Morgan fingerprint density at radius 1 is 1.04 bits per heavy atom. The van der Waals surface area contributed by atoms with Crippen molar-refractivity contribution in [3.05, 3.63) is 41.6 Å². The fraction of sp³-hybridized carbons (Fsp3) is 0.556. The zero-order valence-corrected chi connectivity index (χ0v) is 14.9. The predicted molar refractivity (Wildman–Crippen MR) is 92.0 cm³/mol. The third-order valence-corrected chi connectivity index (χ3v) is 4.92. The van der Waals surface area contributed by atoms with Crippen molar-refractivity contribution in [3.63, 3.8) is 0 Å². The summed E-state index contributed by atoms with van der Waals surface area (Å²) < 4.78 is 10.9. The average Bonchev–Trinajstić information content (AvgIpc) is 3.07. The highest BCUT2D eigenvalue weighted by Crippen LogP contribution is 2.27. The molecule has 3 rings (SSSR count). The van der Waals surface area contributed by atoms with Crippen molar-refractivity contribution in [2.45, 2.75) is 32.9 Å². The molecule has 24 heavy (non-hydrogen) atoms. The van der Waals surface area contributed by atoms with Crippen LogP contribution in [-0.2, 0) is 0 Å². The molecule has 1 saturated heterocycles. The van der Waals surface area contributed by atoms with Crippen molar-refractivity contribution in [1.29, 1.82) is 0 Å². The van der Waals surface area contributed by atoms with Crippen LogP contribution in [0, 0.1) is 6.92 Å².